The number of nitrogens with zero attached hydrogens (tertiary/aromatic N) is 1. The minimum absolute atomic E-state index is 0.0620. The summed E-state index contributed by atoms with van der Waals surface area (Å²) in [6, 6.07) is 7.53. The van der Waals surface area contributed by atoms with Crippen molar-refractivity contribution in [2.45, 2.75) is 6.92 Å². The summed E-state index contributed by atoms with van der Waals surface area (Å²) in [5.74, 6) is -2.02. The maximum atomic E-state index is 12.1. The lowest BCUT2D eigenvalue weighted by atomic mass is 10.1. The molecule has 20 heavy (non-hydrogen) atoms. The third-order valence-corrected chi connectivity index (χ3v) is 2.75. The predicted molar refractivity (Wildman–Crippen MR) is 72.0 cm³/mol. The molecule has 6 nitrogen and oxygen atoms in total. The SMILES string of the molecule is Cc1cccc(C(=O)Nc2ncccc2C(=O)O)c1O. The molecular formula is C14H12N2O4. The van der Waals surface area contributed by atoms with Crippen LogP contribution in [0.4, 0.5) is 5.82 Å². The summed E-state index contributed by atoms with van der Waals surface area (Å²) in [4.78, 5) is 26.9. The average molecular weight is 272 g/mol. The van der Waals surface area contributed by atoms with Crippen molar-refractivity contribution < 1.29 is 19.8 Å². The van der Waals surface area contributed by atoms with E-state index in [1.807, 2.05) is 0 Å². The highest BCUT2D eigenvalue weighted by molar-refractivity contribution is 6.08. The fourth-order valence-corrected chi connectivity index (χ4v) is 1.69. The van der Waals surface area contributed by atoms with Gasteiger partial charge >= 0.3 is 5.97 Å². The number of carboxylic acids is 1. The van der Waals surface area contributed by atoms with E-state index in [4.69, 9.17) is 5.11 Å². The Morgan fingerprint density at radius 3 is 2.55 bits per heavy atom. The number of carboxylic acid groups (broad SMARTS) is 1. The highest BCUT2D eigenvalue weighted by atomic mass is 16.4. The van der Waals surface area contributed by atoms with Crippen LogP contribution in [-0.2, 0) is 0 Å². The minimum atomic E-state index is -1.19. The Morgan fingerprint density at radius 2 is 1.85 bits per heavy atom. The van der Waals surface area contributed by atoms with E-state index in [1.165, 1.54) is 24.4 Å². The third-order valence-electron chi connectivity index (χ3n) is 2.75. The molecule has 0 saturated heterocycles. The Bertz CT molecular complexity index is 683. The number of nitrogens with one attached hydrogen (secondary N) is 1. The fourth-order valence-electron chi connectivity index (χ4n) is 1.69. The van der Waals surface area contributed by atoms with Gasteiger partial charge in [-0.3, -0.25) is 4.79 Å². The molecule has 0 unspecified atom stereocenters. The second kappa shape index (κ2) is 5.40. The van der Waals surface area contributed by atoms with E-state index in [0.717, 1.165) is 0 Å². The van der Waals surface area contributed by atoms with Crippen LogP contribution in [0.15, 0.2) is 36.5 Å². The number of rotatable bonds is 3. The second-order valence-electron chi connectivity index (χ2n) is 4.13. The number of carbonyl (C=O) groups excluding carboxylic acids is 1. The van der Waals surface area contributed by atoms with E-state index in [1.54, 1.807) is 19.1 Å². The number of aromatic nitrogens is 1. The number of para-hydroxylation sites is 1. The van der Waals surface area contributed by atoms with Crippen LogP contribution in [-0.4, -0.2) is 27.1 Å². The standard InChI is InChI=1S/C14H12N2O4/c1-8-4-2-5-9(11(8)17)13(18)16-12-10(14(19)20)6-3-7-15-12/h2-7,17H,1H3,(H,19,20)(H,15,16,18). The minimum Gasteiger partial charge on any atom is -0.507 e. The van der Waals surface area contributed by atoms with E-state index in [9.17, 15) is 14.7 Å². The van der Waals surface area contributed by atoms with Crippen molar-refractivity contribution >= 4 is 17.7 Å². The molecule has 0 fully saturated rings. The van der Waals surface area contributed by atoms with Crippen LogP contribution in [0.2, 0.25) is 0 Å². The van der Waals surface area contributed by atoms with Gasteiger partial charge in [0.05, 0.1) is 5.56 Å². The van der Waals surface area contributed by atoms with Crippen molar-refractivity contribution in [3.63, 3.8) is 0 Å². The Balaban J connectivity index is 2.33. The highest BCUT2D eigenvalue weighted by Gasteiger charge is 2.17. The summed E-state index contributed by atoms with van der Waals surface area (Å²) in [6.45, 7) is 1.66. The number of benzene rings is 1. The summed E-state index contributed by atoms with van der Waals surface area (Å²) >= 11 is 0. The van der Waals surface area contributed by atoms with Gasteiger partial charge in [0.2, 0.25) is 0 Å². The first-order valence-corrected chi connectivity index (χ1v) is 5.79. The maximum absolute atomic E-state index is 12.1. The molecule has 3 N–H and O–H groups in total. The summed E-state index contributed by atoms with van der Waals surface area (Å²) in [5.41, 5.74) is 0.497. The van der Waals surface area contributed by atoms with Gasteiger partial charge in [0, 0.05) is 6.20 Å². The molecular weight excluding hydrogens is 260 g/mol. The molecule has 2 aromatic rings. The Hall–Kier alpha value is -2.89. The summed E-state index contributed by atoms with van der Waals surface area (Å²) < 4.78 is 0. The number of phenolic OH excluding ortho intramolecular Hbond substituents is 1. The van der Waals surface area contributed by atoms with Crippen LogP contribution in [0.3, 0.4) is 0 Å². The van der Waals surface area contributed by atoms with Gasteiger partial charge in [-0.05, 0) is 30.7 Å². The Morgan fingerprint density at radius 1 is 1.15 bits per heavy atom. The molecule has 0 aliphatic heterocycles. The first kappa shape index (κ1) is 13.5. The predicted octanol–water partition coefficient (Wildman–Crippen LogP) is 2.05. The van der Waals surface area contributed by atoms with E-state index < -0.39 is 11.9 Å². The molecule has 0 bridgehead atoms. The topological polar surface area (TPSA) is 99.5 Å². The van der Waals surface area contributed by atoms with Gasteiger partial charge in [-0.1, -0.05) is 12.1 Å². The number of carbonyl (C=O) groups is 2. The van der Waals surface area contributed by atoms with Gasteiger partial charge in [0.1, 0.15) is 17.1 Å². The lowest BCUT2D eigenvalue weighted by Crippen LogP contribution is -2.16. The normalized spacial score (nSPS) is 10.1. The molecule has 1 aromatic carbocycles. The van der Waals surface area contributed by atoms with Crippen LogP contribution in [0.5, 0.6) is 5.75 Å². The number of aromatic carboxylic acids is 1. The Kier molecular flexibility index (Phi) is 3.65. The molecule has 0 atom stereocenters. The zero-order valence-corrected chi connectivity index (χ0v) is 10.6. The summed E-state index contributed by atoms with van der Waals surface area (Å²) in [7, 11) is 0. The van der Waals surface area contributed by atoms with Crippen LogP contribution >= 0.6 is 0 Å². The molecule has 0 spiro atoms. The molecule has 0 aliphatic rings. The molecule has 102 valence electrons. The molecule has 1 amide bonds. The van der Waals surface area contributed by atoms with E-state index in [0.29, 0.717) is 5.56 Å². The van der Waals surface area contributed by atoms with Gasteiger partial charge < -0.3 is 15.5 Å². The quantitative estimate of drug-likeness (QED) is 0.794. The van der Waals surface area contributed by atoms with Crippen molar-refractivity contribution in [3.05, 3.63) is 53.2 Å². The lowest BCUT2D eigenvalue weighted by Gasteiger charge is -2.09. The number of aryl methyl sites for hydroxylation is 1. The van der Waals surface area contributed by atoms with Crippen LogP contribution in [0.25, 0.3) is 0 Å². The Labute approximate surface area is 114 Å². The van der Waals surface area contributed by atoms with Crippen LogP contribution in [0, 0.1) is 6.92 Å². The smallest absolute Gasteiger partial charge is 0.339 e. The van der Waals surface area contributed by atoms with Crippen molar-refractivity contribution in [3.8, 4) is 5.75 Å². The van der Waals surface area contributed by atoms with Gasteiger partial charge in [0.15, 0.2) is 0 Å². The van der Waals surface area contributed by atoms with E-state index >= 15 is 0 Å². The summed E-state index contributed by atoms with van der Waals surface area (Å²) in [5, 5.41) is 21.2. The average Bonchev–Trinajstić information content (AvgIpc) is 2.42. The maximum Gasteiger partial charge on any atom is 0.339 e. The number of aromatic hydroxyl groups is 1. The van der Waals surface area contributed by atoms with Gasteiger partial charge in [-0.2, -0.15) is 0 Å². The van der Waals surface area contributed by atoms with Gasteiger partial charge in [-0.25, -0.2) is 9.78 Å². The zero-order chi connectivity index (χ0) is 14.7. The molecule has 1 heterocycles. The number of phenols is 1. The van der Waals surface area contributed by atoms with Crippen molar-refractivity contribution in [2.24, 2.45) is 0 Å². The van der Waals surface area contributed by atoms with Gasteiger partial charge in [-0.15, -0.1) is 0 Å². The first-order chi connectivity index (χ1) is 9.50. The second-order valence-corrected chi connectivity index (χ2v) is 4.13. The molecule has 0 radical (unpaired) electrons. The van der Waals surface area contributed by atoms with Crippen LogP contribution in [0.1, 0.15) is 26.3 Å². The van der Waals surface area contributed by atoms with Gasteiger partial charge in [0.25, 0.3) is 5.91 Å². The molecule has 0 aliphatic carbocycles. The highest BCUT2D eigenvalue weighted by Crippen LogP contribution is 2.22. The van der Waals surface area contributed by atoms with E-state index in [-0.39, 0.29) is 22.7 Å². The zero-order valence-electron chi connectivity index (χ0n) is 10.6. The van der Waals surface area contributed by atoms with Crippen molar-refractivity contribution in [1.29, 1.82) is 0 Å². The largest absolute Gasteiger partial charge is 0.507 e. The molecule has 0 saturated carbocycles. The van der Waals surface area contributed by atoms with Crippen LogP contribution < -0.4 is 5.32 Å². The first-order valence-electron chi connectivity index (χ1n) is 5.79. The monoisotopic (exact) mass is 272 g/mol. The number of pyridine rings is 1. The number of amides is 1. The van der Waals surface area contributed by atoms with Crippen molar-refractivity contribution in [1.82, 2.24) is 4.98 Å². The molecule has 6 heteroatoms. The third kappa shape index (κ3) is 2.59. The summed E-state index contributed by atoms with van der Waals surface area (Å²) in [6.07, 6.45) is 1.37. The van der Waals surface area contributed by atoms with E-state index in [2.05, 4.69) is 10.3 Å². The number of anilines is 1. The number of hydrogen-bond donors (Lipinski definition) is 3. The number of hydrogen-bond acceptors (Lipinski definition) is 4. The lowest BCUT2D eigenvalue weighted by molar-refractivity contribution is 0.0697. The fraction of sp³-hybridized carbons (Fsp3) is 0.0714. The van der Waals surface area contributed by atoms with Crippen molar-refractivity contribution in [2.75, 3.05) is 5.32 Å². The molecule has 2 rings (SSSR count). The molecule has 1 aromatic heterocycles.